The van der Waals surface area contributed by atoms with E-state index in [0.717, 1.165) is 11.1 Å². The molecule has 28 heavy (non-hydrogen) atoms. The van der Waals surface area contributed by atoms with Crippen LogP contribution in [0.3, 0.4) is 0 Å². The van der Waals surface area contributed by atoms with Crippen LogP contribution in [0.5, 0.6) is 5.75 Å². The number of thiocarbonyl (C=S) groups is 1. The summed E-state index contributed by atoms with van der Waals surface area (Å²) in [5.41, 5.74) is 7.20. The van der Waals surface area contributed by atoms with Crippen molar-refractivity contribution in [3.8, 4) is 5.75 Å². The van der Waals surface area contributed by atoms with Gasteiger partial charge in [-0.3, -0.25) is 25.8 Å². The molecule has 6 nitrogen and oxygen atoms in total. The first-order valence-corrected chi connectivity index (χ1v) is 9.44. The minimum atomic E-state index is -0.477. The Morgan fingerprint density at radius 3 is 2.54 bits per heavy atom. The van der Waals surface area contributed by atoms with Crippen LogP contribution < -0.4 is 20.9 Å². The van der Waals surface area contributed by atoms with Crippen molar-refractivity contribution in [1.29, 1.82) is 0 Å². The number of hydrazine groups is 1. The zero-order valence-corrected chi connectivity index (χ0v) is 17.4. The second kappa shape index (κ2) is 10.1. The molecule has 0 aromatic heterocycles. The van der Waals surface area contributed by atoms with Crippen molar-refractivity contribution in [3.63, 3.8) is 0 Å². The number of hydrogen-bond acceptors (Lipinski definition) is 4. The number of halogens is 1. The van der Waals surface area contributed by atoms with E-state index in [2.05, 4.69) is 30.0 Å². The summed E-state index contributed by atoms with van der Waals surface area (Å²) in [5.74, 6) is 0.0182. The van der Waals surface area contributed by atoms with E-state index in [4.69, 9.17) is 28.6 Å². The summed E-state index contributed by atoms with van der Waals surface area (Å²) in [5, 5.41) is 2.69. The Bertz CT molecular complexity index is 887. The van der Waals surface area contributed by atoms with Gasteiger partial charge in [0.25, 0.3) is 11.8 Å². The average Bonchev–Trinajstić information content (AvgIpc) is 2.64. The SMILES string of the molecule is Cc1ccc(C(C)C)c(OCC(=O)NNC(=S)NC(=O)c2ccccc2Cl)c1. The Labute approximate surface area is 174 Å². The number of carbonyl (C=O) groups excluding carboxylic acids is 2. The summed E-state index contributed by atoms with van der Waals surface area (Å²) in [6.07, 6.45) is 0. The fraction of sp³-hybridized carbons (Fsp3) is 0.250. The molecule has 0 aliphatic rings. The van der Waals surface area contributed by atoms with Crippen LogP contribution in [0.15, 0.2) is 42.5 Å². The number of aryl methyl sites for hydroxylation is 1. The van der Waals surface area contributed by atoms with Gasteiger partial charge in [-0.1, -0.05) is 49.7 Å². The number of carbonyl (C=O) groups is 2. The van der Waals surface area contributed by atoms with Gasteiger partial charge in [0.15, 0.2) is 11.7 Å². The summed E-state index contributed by atoms with van der Waals surface area (Å²) in [6, 6.07) is 12.5. The number of benzene rings is 2. The third-order valence-electron chi connectivity index (χ3n) is 3.81. The third-order valence-corrected chi connectivity index (χ3v) is 4.34. The molecule has 0 spiro atoms. The van der Waals surface area contributed by atoms with Gasteiger partial charge in [0, 0.05) is 0 Å². The van der Waals surface area contributed by atoms with E-state index in [1.807, 2.05) is 25.1 Å². The van der Waals surface area contributed by atoms with Gasteiger partial charge in [0.2, 0.25) is 0 Å². The van der Waals surface area contributed by atoms with Crippen molar-refractivity contribution in [1.82, 2.24) is 16.2 Å². The van der Waals surface area contributed by atoms with Crippen LogP contribution >= 0.6 is 23.8 Å². The van der Waals surface area contributed by atoms with E-state index >= 15 is 0 Å². The van der Waals surface area contributed by atoms with Gasteiger partial charge in [-0.25, -0.2) is 0 Å². The first-order chi connectivity index (χ1) is 13.3. The molecule has 0 saturated heterocycles. The summed E-state index contributed by atoms with van der Waals surface area (Å²) in [4.78, 5) is 24.1. The van der Waals surface area contributed by atoms with Crippen molar-refractivity contribution < 1.29 is 14.3 Å². The Balaban J connectivity index is 1.83. The minimum Gasteiger partial charge on any atom is -0.483 e. The fourth-order valence-corrected chi connectivity index (χ4v) is 2.76. The predicted octanol–water partition coefficient (Wildman–Crippen LogP) is 3.49. The highest BCUT2D eigenvalue weighted by molar-refractivity contribution is 7.80. The molecule has 0 unspecified atom stereocenters. The van der Waals surface area contributed by atoms with Crippen molar-refractivity contribution >= 4 is 40.7 Å². The molecule has 0 saturated carbocycles. The lowest BCUT2D eigenvalue weighted by molar-refractivity contribution is -0.123. The van der Waals surface area contributed by atoms with Gasteiger partial charge in [-0.15, -0.1) is 0 Å². The van der Waals surface area contributed by atoms with Gasteiger partial charge >= 0.3 is 0 Å². The van der Waals surface area contributed by atoms with E-state index in [1.165, 1.54) is 0 Å². The lowest BCUT2D eigenvalue weighted by atomic mass is 10.0. The van der Waals surface area contributed by atoms with Crippen molar-refractivity contribution in [2.24, 2.45) is 0 Å². The Morgan fingerprint density at radius 1 is 1.14 bits per heavy atom. The second-order valence-electron chi connectivity index (χ2n) is 6.42. The van der Waals surface area contributed by atoms with Gasteiger partial charge in [0.1, 0.15) is 5.75 Å². The van der Waals surface area contributed by atoms with Crippen LogP contribution in [0, 0.1) is 6.92 Å². The van der Waals surface area contributed by atoms with E-state index in [0.29, 0.717) is 10.8 Å². The lowest BCUT2D eigenvalue weighted by Crippen LogP contribution is -2.49. The van der Waals surface area contributed by atoms with E-state index in [-0.39, 0.29) is 23.2 Å². The number of nitrogens with one attached hydrogen (secondary N) is 3. The van der Waals surface area contributed by atoms with Crippen LogP contribution in [0.1, 0.15) is 41.3 Å². The second-order valence-corrected chi connectivity index (χ2v) is 7.24. The van der Waals surface area contributed by atoms with Crippen molar-refractivity contribution in [2.45, 2.75) is 26.7 Å². The minimum absolute atomic E-state index is 0.0586. The Kier molecular flexibility index (Phi) is 7.78. The summed E-state index contributed by atoms with van der Waals surface area (Å²) >= 11 is 11.0. The monoisotopic (exact) mass is 419 g/mol. The standard InChI is InChI=1S/C20H22ClN3O3S/c1-12(2)14-9-8-13(3)10-17(14)27-11-18(25)23-24-20(28)22-19(26)15-6-4-5-7-16(15)21/h4-10,12H,11H2,1-3H3,(H,23,25)(H2,22,24,26,28). The van der Waals surface area contributed by atoms with Gasteiger partial charge < -0.3 is 4.74 Å². The molecule has 0 heterocycles. The molecule has 0 fully saturated rings. The van der Waals surface area contributed by atoms with E-state index in [1.54, 1.807) is 24.3 Å². The van der Waals surface area contributed by atoms with Crippen molar-refractivity contribution in [3.05, 3.63) is 64.2 Å². The largest absolute Gasteiger partial charge is 0.483 e. The van der Waals surface area contributed by atoms with Crippen LogP contribution in [0.4, 0.5) is 0 Å². The molecule has 0 bridgehead atoms. The summed E-state index contributed by atoms with van der Waals surface area (Å²) in [6.45, 7) is 5.87. The highest BCUT2D eigenvalue weighted by Crippen LogP contribution is 2.27. The maximum absolute atomic E-state index is 12.1. The summed E-state index contributed by atoms with van der Waals surface area (Å²) < 4.78 is 5.64. The normalized spacial score (nSPS) is 10.3. The highest BCUT2D eigenvalue weighted by atomic mass is 35.5. The average molecular weight is 420 g/mol. The smallest absolute Gasteiger partial charge is 0.276 e. The van der Waals surface area contributed by atoms with Crippen LogP contribution in [-0.4, -0.2) is 23.5 Å². The predicted molar refractivity (Wildman–Crippen MR) is 114 cm³/mol. The molecular formula is C20H22ClN3O3S. The molecule has 8 heteroatoms. The van der Waals surface area contributed by atoms with Gasteiger partial charge in [-0.2, -0.15) is 0 Å². The van der Waals surface area contributed by atoms with E-state index < -0.39 is 11.8 Å². The number of amides is 2. The highest BCUT2D eigenvalue weighted by Gasteiger charge is 2.13. The number of ether oxygens (including phenoxy) is 1. The fourth-order valence-electron chi connectivity index (χ4n) is 2.40. The first-order valence-electron chi connectivity index (χ1n) is 8.66. The molecule has 0 aliphatic carbocycles. The molecular weight excluding hydrogens is 398 g/mol. The zero-order valence-electron chi connectivity index (χ0n) is 15.8. The van der Waals surface area contributed by atoms with Crippen LogP contribution in [-0.2, 0) is 4.79 Å². The summed E-state index contributed by atoms with van der Waals surface area (Å²) in [7, 11) is 0. The third kappa shape index (κ3) is 6.21. The maximum atomic E-state index is 12.1. The molecule has 2 rings (SSSR count). The molecule has 3 N–H and O–H groups in total. The molecule has 0 atom stereocenters. The number of hydrogen-bond donors (Lipinski definition) is 3. The molecule has 148 valence electrons. The topological polar surface area (TPSA) is 79.5 Å². The van der Waals surface area contributed by atoms with Crippen molar-refractivity contribution in [2.75, 3.05) is 6.61 Å². The molecule has 2 aromatic carbocycles. The maximum Gasteiger partial charge on any atom is 0.276 e. The molecule has 2 aromatic rings. The molecule has 2 amide bonds. The van der Waals surface area contributed by atoms with Gasteiger partial charge in [0.05, 0.1) is 10.6 Å². The Morgan fingerprint density at radius 2 is 1.86 bits per heavy atom. The zero-order chi connectivity index (χ0) is 20.7. The lowest BCUT2D eigenvalue weighted by Gasteiger charge is -2.15. The van der Waals surface area contributed by atoms with Crippen LogP contribution in [0.25, 0.3) is 0 Å². The molecule has 0 aliphatic heterocycles. The van der Waals surface area contributed by atoms with Crippen LogP contribution in [0.2, 0.25) is 5.02 Å². The van der Waals surface area contributed by atoms with Gasteiger partial charge in [-0.05, 0) is 54.4 Å². The van der Waals surface area contributed by atoms with E-state index in [9.17, 15) is 9.59 Å². The molecule has 0 radical (unpaired) electrons. The Hall–Kier alpha value is -2.64. The number of rotatable bonds is 5. The quantitative estimate of drug-likeness (QED) is 0.510. The first kappa shape index (κ1) is 21.7.